The Morgan fingerprint density at radius 2 is 1.75 bits per heavy atom. The lowest BCUT2D eigenvalue weighted by molar-refractivity contribution is -0.131. The number of amides is 1. The van der Waals surface area contributed by atoms with E-state index < -0.39 is 0 Å². The first-order chi connectivity index (χ1) is 9.69. The summed E-state index contributed by atoms with van der Waals surface area (Å²) in [6.45, 7) is 0.690. The lowest BCUT2D eigenvalue weighted by Crippen LogP contribution is -2.32. The summed E-state index contributed by atoms with van der Waals surface area (Å²) in [7, 11) is 0. The second-order valence-electron chi connectivity index (χ2n) is 4.33. The van der Waals surface area contributed by atoms with E-state index in [1.807, 2.05) is 18.2 Å². The van der Waals surface area contributed by atoms with Crippen molar-refractivity contribution in [2.75, 3.05) is 13.1 Å². The summed E-state index contributed by atoms with van der Waals surface area (Å²) in [5.74, 6) is 0.0830. The number of phenols is 1. The molecular formula is C15H17N3O2. The average Bonchev–Trinajstić information content (AvgIpc) is 2.46. The first kappa shape index (κ1) is 15.5. The average molecular weight is 271 g/mol. The normalized spacial score (nSPS) is 9.50. The van der Waals surface area contributed by atoms with E-state index >= 15 is 0 Å². The van der Waals surface area contributed by atoms with Gasteiger partial charge in [-0.1, -0.05) is 18.2 Å². The van der Waals surface area contributed by atoms with Crippen LogP contribution in [0.5, 0.6) is 5.75 Å². The molecule has 1 aromatic rings. The Bertz CT molecular complexity index is 511. The van der Waals surface area contributed by atoms with Crippen molar-refractivity contribution < 1.29 is 9.90 Å². The van der Waals surface area contributed by atoms with Gasteiger partial charge in [-0.25, -0.2) is 0 Å². The minimum absolute atomic E-state index is 0.0984. The van der Waals surface area contributed by atoms with Crippen LogP contribution in [0.1, 0.15) is 24.8 Å². The fourth-order valence-corrected chi connectivity index (χ4v) is 1.85. The van der Waals surface area contributed by atoms with Gasteiger partial charge in [-0.3, -0.25) is 4.79 Å². The highest BCUT2D eigenvalue weighted by Gasteiger charge is 2.13. The topological polar surface area (TPSA) is 88.1 Å². The van der Waals surface area contributed by atoms with Crippen LogP contribution in [0.25, 0.3) is 0 Å². The summed E-state index contributed by atoms with van der Waals surface area (Å²) in [6.07, 6.45) is 1.22. The van der Waals surface area contributed by atoms with Crippen molar-refractivity contribution >= 4 is 5.91 Å². The predicted octanol–water partition coefficient (Wildman–Crippen LogP) is 1.98. The number of phenolic OH excluding ortho intramolecular Hbond substituents is 1. The Balaban J connectivity index is 2.55. The number of carbonyl (C=O) groups is 1. The molecule has 0 unspecified atom stereocenters. The number of aromatic hydroxyl groups is 1. The Hall–Kier alpha value is -2.53. The second-order valence-corrected chi connectivity index (χ2v) is 4.33. The van der Waals surface area contributed by atoms with Crippen molar-refractivity contribution in [1.82, 2.24) is 4.90 Å². The molecule has 0 bridgehead atoms. The molecule has 1 N–H and O–H groups in total. The number of nitrogens with zero attached hydrogens (tertiary/aromatic N) is 3. The molecule has 1 aromatic carbocycles. The Kier molecular flexibility index (Phi) is 6.64. The van der Waals surface area contributed by atoms with Crippen LogP contribution in [-0.4, -0.2) is 29.0 Å². The van der Waals surface area contributed by atoms with Gasteiger partial charge in [0.2, 0.25) is 5.91 Å². The molecular weight excluding hydrogens is 254 g/mol. The third-order valence-electron chi connectivity index (χ3n) is 2.94. The van der Waals surface area contributed by atoms with E-state index in [1.165, 1.54) is 4.90 Å². The molecule has 0 aliphatic heterocycles. The molecule has 1 rings (SSSR count). The summed E-state index contributed by atoms with van der Waals surface area (Å²) in [6, 6.07) is 10.9. The summed E-state index contributed by atoms with van der Waals surface area (Å²) in [5, 5.41) is 26.8. The van der Waals surface area contributed by atoms with Crippen LogP contribution in [-0.2, 0) is 11.2 Å². The van der Waals surface area contributed by atoms with Gasteiger partial charge in [0.15, 0.2) is 0 Å². The lowest BCUT2D eigenvalue weighted by atomic mass is 10.1. The largest absolute Gasteiger partial charge is 0.508 e. The fraction of sp³-hybridized carbons (Fsp3) is 0.400. The number of rotatable bonds is 7. The van der Waals surface area contributed by atoms with Crippen molar-refractivity contribution in [1.29, 1.82) is 10.5 Å². The molecule has 5 heteroatoms. The van der Waals surface area contributed by atoms with E-state index in [-0.39, 0.29) is 30.9 Å². The minimum atomic E-state index is -0.0984. The highest BCUT2D eigenvalue weighted by molar-refractivity contribution is 5.76. The molecule has 0 saturated heterocycles. The number of benzene rings is 1. The second kappa shape index (κ2) is 8.55. The van der Waals surface area contributed by atoms with Gasteiger partial charge < -0.3 is 10.0 Å². The molecule has 104 valence electrons. The van der Waals surface area contributed by atoms with E-state index in [2.05, 4.69) is 0 Å². The number of nitriles is 2. The molecule has 0 fully saturated rings. The number of aryl methyl sites for hydroxylation is 1. The SMILES string of the molecule is N#CCCN(CCC#N)C(=O)CCc1ccccc1O. The van der Waals surface area contributed by atoms with Gasteiger partial charge >= 0.3 is 0 Å². The van der Waals surface area contributed by atoms with Gasteiger partial charge in [0.25, 0.3) is 0 Å². The van der Waals surface area contributed by atoms with Crippen LogP contribution in [0.4, 0.5) is 0 Å². The third kappa shape index (κ3) is 4.99. The maximum atomic E-state index is 12.1. The molecule has 5 nitrogen and oxygen atoms in total. The van der Waals surface area contributed by atoms with Crippen LogP contribution in [0.2, 0.25) is 0 Å². The summed E-state index contributed by atoms with van der Waals surface area (Å²) >= 11 is 0. The monoisotopic (exact) mass is 271 g/mol. The van der Waals surface area contributed by atoms with E-state index in [0.717, 1.165) is 5.56 Å². The maximum absolute atomic E-state index is 12.1. The minimum Gasteiger partial charge on any atom is -0.508 e. The number of para-hydroxylation sites is 1. The third-order valence-corrected chi connectivity index (χ3v) is 2.94. The van der Waals surface area contributed by atoms with E-state index in [0.29, 0.717) is 19.5 Å². The van der Waals surface area contributed by atoms with Crippen molar-refractivity contribution in [2.24, 2.45) is 0 Å². The van der Waals surface area contributed by atoms with Crippen LogP contribution in [0.15, 0.2) is 24.3 Å². The molecule has 0 saturated carbocycles. The standard InChI is InChI=1S/C15H17N3O2/c16-9-3-11-18(12-4-10-17)15(20)8-7-13-5-1-2-6-14(13)19/h1-2,5-6,19H,3-4,7-8,11-12H2. The molecule has 0 aromatic heterocycles. The molecule has 0 aliphatic rings. The highest BCUT2D eigenvalue weighted by atomic mass is 16.3. The van der Waals surface area contributed by atoms with Gasteiger partial charge in [-0.05, 0) is 18.1 Å². The van der Waals surface area contributed by atoms with Gasteiger partial charge in [-0.2, -0.15) is 10.5 Å². The summed E-state index contributed by atoms with van der Waals surface area (Å²) in [5.41, 5.74) is 0.723. The lowest BCUT2D eigenvalue weighted by Gasteiger charge is -2.20. The summed E-state index contributed by atoms with van der Waals surface area (Å²) in [4.78, 5) is 13.6. The Morgan fingerprint density at radius 1 is 1.15 bits per heavy atom. The maximum Gasteiger partial charge on any atom is 0.222 e. The zero-order chi connectivity index (χ0) is 14.8. The Labute approximate surface area is 118 Å². The number of hydrogen-bond donors (Lipinski definition) is 1. The highest BCUT2D eigenvalue weighted by Crippen LogP contribution is 2.17. The zero-order valence-electron chi connectivity index (χ0n) is 11.2. The molecule has 0 atom stereocenters. The molecule has 0 radical (unpaired) electrons. The van der Waals surface area contributed by atoms with Crippen LogP contribution in [0.3, 0.4) is 0 Å². The van der Waals surface area contributed by atoms with Gasteiger partial charge in [0, 0.05) is 19.5 Å². The van der Waals surface area contributed by atoms with Gasteiger partial charge in [-0.15, -0.1) is 0 Å². The van der Waals surface area contributed by atoms with Crippen molar-refractivity contribution in [3.63, 3.8) is 0 Å². The van der Waals surface area contributed by atoms with Crippen molar-refractivity contribution in [3.8, 4) is 17.9 Å². The molecule has 0 spiro atoms. The van der Waals surface area contributed by atoms with E-state index in [4.69, 9.17) is 10.5 Å². The number of carbonyl (C=O) groups excluding carboxylic acids is 1. The smallest absolute Gasteiger partial charge is 0.222 e. The first-order valence-electron chi connectivity index (χ1n) is 6.47. The number of hydrogen-bond acceptors (Lipinski definition) is 4. The molecule has 0 aliphatic carbocycles. The summed E-state index contributed by atoms with van der Waals surface area (Å²) < 4.78 is 0. The van der Waals surface area contributed by atoms with Gasteiger partial charge in [0.1, 0.15) is 5.75 Å². The van der Waals surface area contributed by atoms with Gasteiger partial charge in [0.05, 0.1) is 25.0 Å². The molecule has 1 amide bonds. The van der Waals surface area contributed by atoms with Crippen molar-refractivity contribution in [2.45, 2.75) is 25.7 Å². The molecule has 20 heavy (non-hydrogen) atoms. The zero-order valence-corrected chi connectivity index (χ0v) is 11.2. The van der Waals surface area contributed by atoms with E-state index in [9.17, 15) is 9.90 Å². The quantitative estimate of drug-likeness (QED) is 0.821. The van der Waals surface area contributed by atoms with E-state index in [1.54, 1.807) is 18.2 Å². The van der Waals surface area contributed by atoms with Crippen LogP contribution < -0.4 is 0 Å². The van der Waals surface area contributed by atoms with Crippen LogP contribution in [0, 0.1) is 22.7 Å². The molecule has 0 heterocycles. The predicted molar refractivity (Wildman–Crippen MR) is 73.5 cm³/mol. The first-order valence-corrected chi connectivity index (χ1v) is 6.47. The van der Waals surface area contributed by atoms with Crippen molar-refractivity contribution in [3.05, 3.63) is 29.8 Å². The Morgan fingerprint density at radius 3 is 2.30 bits per heavy atom. The van der Waals surface area contributed by atoms with Crippen LogP contribution >= 0.6 is 0 Å². The fourth-order valence-electron chi connectivity index (χ4n) is 1.85.